The lowest BCUT2D eigenvalue weighted by molar-refractivity contribution is -0.121. The molecular weight excluding hydrogens is 231 g/mol. The van der Waals surface area contributed by atoms with Gasteiger partial charge in [-0.3, -0.25) is 4.79 Å². The van der Waals surface area contributed by atoms with Crippen LogP contribution in [0.1, 0.15) is 26.7 Å². The van der Waals surface area contributed by atoms with Gasteiger partial charge in [0.2, 0.25) is 5.91 Å². The van der Waals surface area contributed by atoms with Crippen LogP contribution in [0.5, 0.6) is 0 Å². The lowest BCUT2D eigenvalue weighted by Crippen LogP contribution is -2.28. The molecule has 1 unspecified atom stereocenters. The lowest BCUT2D eigenvalue weighted by Gasteiger charge is -2.20. The molecule has 0 radical (unpaired) electrons. The number of hydrogen-bond donors (Lipinski definition) is 2. The molecule has 18 heavy (non-hydrogen) atoms. The van der Waals surface area contributed by atoms with E-state index in [1.54, 1.807) is 18.2 Å². The summed E-state index contributed by atoms with van der Waals surface area (Å²) in [6, 6.07) is 6.19. The molecule has 0 fully saturated rings. The number of nitrogens with one attached hydrogen (secondary N) is 1. The highest BCUT2D eigenvalue weighted by molar-refractivity contribution is 5.92. The van der Waals surface area contributed by atoms with Crippen LogP contribution < -0.4 is 11.1 Å². The third-order valence-corrected chi connectivity index (χ3v) is 2.99. The summed E-state index contributed by atoms with van der Waals surface area (Å²) in [5, 5.41) is 2.65. The second-order valence-corrected chi connectivity index (χ2v) is 4.75. The summed E-state index contributed by atoms with van der Waals surface area (Å²) in [5.74, 6) is -0.466. The molecule has 4 heteroatoms. The predicted octanol–water partition coefficient (Wildman–Crippen LogP) is 2.78. The summed E-state index contributed by atoms with van der Waals surface area (Å²) in [6.07, 6.45) is 1.53. The Hall–Kier alpha value is -1.42. The Kier molecular flexibility index (Phi) is 5.78. The zero-order chi connectivity index (χ0) is 13.5. The SMILES string of the molecule is CC(C)C(CCCN)C(=O)Nc1ccccc1F. The normalized spacial score (nSPS) is 12.5. The van der Waals surface area contributed by atoms with E-state index in [1.165, 1.54) is 6.07 Å². The summed E-state index contributed by atoms with van der Waals surface area (Å²) < 4.78 is 13.4. The molecule has 1 amide bonds. The summed E-state index contributed by atoms with van der Waals surface area (Å²) in [6.45, 7) is 4.54. The number of amides is 1. The van der Waals surface area contributed by atoms with Crippen molar-refractivity contribution in [1.29, 1.82) is 0 Å². The van der Waals surface area contributed by atoms with Crippen LogP contribution in [0.2, 0.25) is 0 Å². The minimum Gasteiger partial charge on any atom is -0.330 e. The Labute approximate surface area is 108 Å². The molecule has 1 atom stereocenters. The quantitative estimate of drug-likeness (QED) is 0.818. The first-order valence-corrected chi connectivity index (χ1v) is 6.31. The summed E-state index contributed by atoms with van der Waals surface area (Å²) >= 11 is 0. The standard InChI is InChI=1S/C14H21FN2O/c1-10(2)11(6-5-9-16)14(18)17-13-8-4-3-7-12(13)15/h3-4,7-8,10-11H,5-6,9,16H2,1-2H3,(H,17,18). The number of anilines is 1. The maximum absolute atomic E-state index is 13.4. The zero-order valence-electron chi connectivity index (χ0n) is 10.9. The molecule has 3 N–H and O–H groups in total. The van der Waals surface area contributed by atoms with Crippen LogP contribution in [-0.2, 0) is 4.79 Å². The van der Waals surface area contributed by atoms with Gasteiger partial charge < -0.3 is 11.1 Å². The van der Waals surface area contributed by atoms with Crippen molar-refractivity contribution in [3.05, 3.63) is 30.1 Å². The monoisotopic (exact) mass is 252 g/mol. The van der Waals surface area contributed by atoms with Gasteiger partial charge in [0.25, 0.3) is 0 Å². The van der Waals surface area contributed by atoms with E-state index < -0.39 is 5.82 Å². The highest BCUT2D eigenvalue weighted by Crippen LogP contribution is 2.20. The highest BCUT2D eigenvalue weighted by atomic mass is 19.1. The van der Waals surface area contributed by atoms with Crippen molar-refractivity contribution in [2.24, 2.45) is 17.6 Å². The number of rotatable bonds is 6. The van der Waals surface area contributed by atoms with Crippen molar-refractivity contribution in [2.75, 3.05) is 11.9 Å². The first-order valence-electron chi connectivity index (χ1n) is 6.31. The Morgan fingerprint density at radius 3 is 2.61 bits per heavy atom. The molecule has 0 aliphatic rings. The average molecular weight is 252 g/mol. The van der Waals surface area contributed by atoms with Crippen LogP contribution >= 0.6 is 0 Å². The average Bonchev–Trinajstić information content (AvgIpc) is 2.32. The fraction of sp³-hybridized carbons (Fsp3) is 0.500. The van der Waals surface area contributed by atoms with Gasteiger partial charge >= 0.3 is 0 Å². The Morgan fingerprint density at radius 1 is 1.39 bits per heavy atom. The minimum atomic E-state index is -0.410. The van der Waals surface area contributed by atoms with E-state index >= 15 is 0 Å². The van der Waals surface area contributed by atoms with E-state index in [0.717, 1.165) is 12.8 Å². The van der Waals surface area contributed by atoms with Gasteiger partial charge in [-0.05, 0) is 37.4 Å². The number of benzene rings is 1. The van der Waals surface area contributed by atoms with Gasteiger partial charge in [-0.15, -0.1) is 0 Å². The number of para-hydroxylation sites is 1. The van der Waals surface area contributed by atoms with E-state index in [9.17, 15) is 9.18 Å². The maximum atomic E-state index is 13.4. The molecular formula is C14H21FN2O. The van der Waals surface area contributed by atoms with Crippen LogP contribution in [0.15, 0.2) is 24.3 Å². The predicted molar refractivity (Wildman–Crippen MR) is 71.6 cm³/mol. The van der Waals surface area contributed by atoms with Gasteiger partial charge in [-0.1, -0.05) is 26.0 Å². The highest BCUT2D eigenvalue weighted by Gasteiger charge is 2.22. The third kappa shape index (κ3) is 4.11. The van der Waals surface area contributed by atoms with Crippen LogP contribution in [0, 0.1) is 17.7 Å². The van der Waals surface area contributed by atoms with Crippen molar-refractivity contribution in [2.45, 2.75) is 26.7 Å². The molecule has 0 heterocycles. The number of nitrogens with two attached hydrogens (primary N) is 1. The van der Waals surface area contributed by atoms with E-state index in [4.69, 9.17) is 5.73 Å². The van der Waals surface area contributed by atoms with Crippen molar-refractivity contribution in [1.82, 2.24) is 0 Å². The van der Waals surface area contributed by atoms with Gasteiger partial charge in [-0.2, -0.15) is 0 Å². The first-order chi connectivity index (χ1) is 8.56. The zero-order valence-corrected chi connectivity index (χ0v) is 10.9. The summed E-state index contributed by atoms with van der Waals surface area (Å²) in [7, 11) is 0. The summed E-state index contributed by atoms with van der Waals surface area (Å²) in [4.78, 5) is 12.1. The fourth-order valence-electron chi connectivity index (χ4n) is 1.89. The van der Waals surface area contributed by atoms with Crippen LogP contribution in [0.25, 0.3) is 0 Å². The lowest BCUT2D eigenvalue weighted by atomic mass is 9.90. The van der Waals surface area contributed by atoms with Crippen molar-refractivity contribution < 1.29 is 9.18 Å². The minimum absolute atomic E-state index is 0.131. The molecule has 0 aromatic heterocycles. The Bertz CT molecular complexity index is 393. The molecule has 0 aliphatic heterocycles. The van der Waals surface area contributed by atoms with E-state index in [2.05, 4.69) is 5.32 Å². The molecule has 0 bridgehead atoms. The Morgan fingerprint density at radius 2 is 2.06 bits per heavy atom. The molecule has 1 aromatic carbocycles. The summed E-state index contributed by atoms with van der Waals surface area (Å²) in [5.41, 5.74) is 5.70. The van der Waals surface area contributed by atoms with Crippen LogP contribution in [0.3, 0.4) is 0 Å². The van der Waals surface area contributed by atoms with Crippen LogP contribution in [0.4, 0.5) is 10.1 Å². The second-order valence-electron chi connectivity index (χ2n) is 4.75. The van der Waals surface area contributed by atoms with Crippen LogP contribution in [-0.4, -0.2) is 12.5 Å². The van der Waals surface area contributed by atoms with Gasteiger partial charge in [0.15, 0.2) is 0 Å². The second kappa shape index (κ2) is 7.11. The van der Waals surface area contributed by atoms with E-state index in [0.29, 0.717) is 6.54 Å². The van der Waals surface area contributed by atoms with E-state index in [-0.39, 0.29) is 23.4 Å². The number of halogens is 1. The van der Waals surface area contributed by atoms with Gasteiger partial charge in [0.05, 0.1) is 5.69 Å². The number of carbonyl (C=O) groups excluding carboxylic acids is 1. The third-order valence-electron chi connectivity index (χ3n) is 2.99. The molecule has 0 aliphatic carbocycles. The molecule has 0 spiro atoms. The fourth-order valence-corrected chi connectivity index (χ4v) is 1.89. The van der Waals surface area contributed by atoms with Crippen molar-refractivity contribution in [3.63, 3.8) is 0 Å². The number of carbonyl (C=O) groups is 1. The largest absolute Gasteiger partial charge is 0.330 e. The Balaban J connectivity index is 2.70. The topological polar surface area (TPSA) is 55.1 Å². The van der Waals surface area contributed by atoms with Gasteiger partial charge in [0, 0.05) is 5.92 Å². The van der Waals surface area contributed by atoms with Crippen molar-refractivity contribution in [3.8, 4) is 0 Å². The molecule has 1 rings (SSSR count). The smallest absolute Gasteiger partial charge is 0.227 e. The first kappa shape index (κ1) is 14.6. The van der Waals surface area contributed by atoms with Gasteiger partial charge in [-0.25, -0.2) is 4.39 Å². The molecule has 0 saturated carbocycles. The maximum Gasteiger partial charge on any atom is 0.227 e. The van der Waals surface area contributed by atoms with Gasteiger partial charge in [0.1, 0.15) is 5.82 Å². The number of hydrogen-bond acceptors (Lipinski definition) is 2. The van der Waals surface area contributed by atoms with E-state index in [1.807, 2.05) is 13.8 Å². The molecule has 0 saturated heterocycles. The molecule has 1 aromatic rings. The molecule has 3 nitrogen and oxygen atoms in total. The molecule has 100 valence electrons. The van der Waals surface area contributed by atoms with Crippen molar-refractivity contribution >= 4 is 11.6 Å².